The lowest BCUT2D eigenvalue weighted by molar-refractivity contribution is 0.208. The van der Waals surface area contributed by atoms with Crippen LogP contribution in [0.3, 0.4) is 0 Å². The van der Waals surface area contributed by atoms with Crippen molar-refractivity contribution in [3.63, 3.8) is 0 Å². The Bertz CT molecular complexity index is 1020. The fraction of sp³-hybridized carbons (Fsp3) is 0.304. The van der Waals surface area contributed by atoms with Gasteiger partial charge in [0.15, 0.2) is 0 Å². The number of hydrogen-bond donors (Lipinski definition) is 3. The highest BCUT2D eigenvalue weighted by Gasteiger charge is 2.21. The van der Waals surface area contributed by atoms with E-state index in [2.05, 4.69) is 24.1 Å². The molecule has 0 spiro atoms. The second-order valence-corrected chi connectivity index (χ2v) is 8.06. The molecule has 4 N–H and O–H groups in total. The van der Waals surface area contributed by atoms with Crippen molar-refractivity contribution in [2.75, 3.05) is 11.9 Å². The summed E-state index contributed by atoms with van der Waals surface area (Å²) >= 11 is 0. The van der Waals surface area contributed by atoms with Crippen molar-refractivity contribution in [2.24, 2.45) is 11.7 Å². The van der Waals surface area contributed by atoms with Gasteiger partial charge in [-0.3, -0.25) is 5.32 Å². The standard InChI is InChI=1S/C23H27N3O3/c1-15(2)13-23(3,24)14-29-20-9-8-17(18-6-4-5-7-19(18)20)16-10-11-25-21(12-16)26-22(27)28/h4-12,15H,13-14,24H2,1-3H3,(H,25,26)(H,27,28). The Labute approximate surface area is 170 Å². The molecule has 2 aromatic carbocycles. The van der Waals surface area contributed by atoms with Crippen LogP contribution < -0.4 is 15.8 Å². The number of hydrogen-bond acceptors (Lipinski definition) is 4. The Kier molecular flexibility index (Phi) is 6.03. The fourth-order valence-corrected chi connectivity index (χ4v) is 3.66. The van der Waals surface area contributed by atoms with Gasteiger partial charge in [-0.2, -0.15) is 0 Å². The highest BCUT2D eigenvalue weighted by Crippen LogP contribution is 2.35. The summed E-state index contributed by atoms with van der Waals surface area (Å²) < 4.78 is 6.12. The Morgan fingerprint density at radius 1 is 1.21 bits per heavy atom. The van der Waals surface area contributed by atoms with Crippen LogP contribution in [0.4, 0.5) is 10.6 Å². The van der Waals surface area contributed by atoms with Crippen molar-refractivity contribution < 1.29 is 14.6 Å². The average Bonchev–Trinajstić information content (AvgIpc) is 2.65. The quantitative estimate of drug-likeness (QED) is 0.517. The summed E-state index contributed by atoms with van der Waals surface area (Å²) in [6, 6.07) is 15.5. The van der Waals surface area contributed by atoms with E-state index >= 15 is 0 Å². The lowest BCUT2D eigenvalue weighted by Crippen LogP contribution is -2.43. The number of nitrogens with one attached hydrogen (secondary N) is 1. The Balaban J connectivity index is 1.95. The van der Waals surface area contributed by atoms with Gasteiger partial charge in [-0.15, -0.1) is 0 Å². The van der Waals surface area contributed by atoms with Crippen molar-refractivity contribution in [3.8, 4) is 16.9 Å². The number of ether oxygens (including phenoxy) is 1. The lowest BCUT2D eigenvalue weighted by atomic mass is 9.92. The maximum absolute atomic E-state index is 10.9. The van der Waals surface area contributed by atoms with Gasteiger partial charge in [0.25, 0.3) is 0 Å². The molecule has 0 bridgehead atoms. The van der Waals surface area contributed by atoms with E-state index < -0.39 is 11.6 Å². The Morgan fingerprint density at radius 3 is 2.62 bits per heavy atom. The number of fused-ring (bicyclic) bond motifs is 1. The first-order valence-electron chi connectivity index (χ1n) is 9.65. The summed E-state index contributed by atoms with van der Waals surface area (Å²) in [5, 5.41) is 13.2. The van der Waals surface area contributed by atoms with Gasteiger partial charge in [0.2, 0.25) is 0 Å². The zero-order chi connectivity index (χ0) is 21.0. The van der Waals surface area contributed by atoms with Crippen molar-refractivity contribution in [1.82, 2.24) is 4.98 Å². The molecule has 1 aromatic heterocycles. The number of anilines is 1. The average molecular weight is 393 g/mol. The molecule has 1 amide bonds. The highest BCUT2D eigenvalue weighted by molar-refractivity contribution is 6.00. The molecule has 0 aliphatic rings. The number of pyridine rings is 1. The molecule has 3 rings (SSSR count). The second-order valence-electron chi connectivity index (χ2n) is 8.06. The summed E-state index contributed by atoms with van der Waals surface area (Å²) in [6.07, 6.45) is 1.32. The van der Waals surface area contributed by atoms with E-state index in [4.69, 9.17) is 15.6 Å². The van der Waals surface area contributed by atoms with Crippen LogP contribution in [0.25, 0.3) is 21.9 Å². The highest BCUT2D eigenvalue weighted by atomic mass is 16.5. The summed E-state index contributed by atoms with van der Waals surface area (Å²) in [4.78, 5) is 15.0. The molecule has 3 aromatic rings. The van der Waals surface area contributed by atoms with Crippen LogP contribution in [0, 0.1) is 5.92 Å². The third-order valence-corrected chi connectivity index (χ3v) is 4.62. The van der Waals surface area contributed by atoms with Crippen molar-refractivity contribution >= 4 is 22.7 Å². The maximum atomic E-state index is 10.9. The van der Waals surface area contributed by atoms with E-state index in [0.717, 1.165) is 34.1 Å². The molecule has 1 unspecified atom stereocenters. The van der Waals surface area contributed by atoms with Gasteiger partial charge < -0.3 is 15.6 Å². The number of carbonyl (C=O) groups is 1. The van der Waals surface area contributed by atoms with Crippen molar-refractivity contribution in [3.05, 3.63) is 54.7 Å². The van der Waals surface area contributed by atoms with E-state index in [1.54, 1.807) is 12.3 Å². The van der Waals surface area contributed by atoms with Gasteiger partial charge in [-0.05, 0) is 54.0 Å². The number of carboxylic acid groups (broad SMARTS) is 1. The van der Waals surface area contributed by atoms with Gasteiger partial charge in [0, 0.05) is 17.1 Å². The number of aromatic nitrogens is 1. The minimum atomic E-state index is -1.14. The monoisotopic (exact) mass is 393 g/mol. The number of rotatable bonds is 7. The minimum Gasteiger partial charge on any atom is -0.491 e. The molecule has 0 saturated heterocycles. The van der Waals surface area contributed by atoms with Crippen LogP contribution in [0.15, 0.2) is 54.7 Å². The molecular weight excluding hydrogens is 366 g/mol. The zero-order valence-electron chi connectivity index (χ0n) is 17.0. The van der Waals surface area contributed by atoms with Gasteiger partial charge in [0.05, 0.1) is 0 Å². The SMILES string of the molecule is CC(C)CC(C)(N)COc1ccc(-c2ccnc(NC(=O)O)c2)c2ccccc12. The van der Waals surface area contributed by atoms with Gasteiger partial charge in [0.1, 0.15) is 18.2 Å². The molecule has 0 saturated carbocycles. The molecular formula is C23H27N3O3. The van der Waals surface area contributed by atoms with Crippen LogP contribution in [0.5, 0.6) is 5.75 Å². The summed E-state index contributed by atoms with van der Waals surface area (Å²) in [7, 11) is 0. The zero-order valence-corrected chi connectivity index (χ0v) is 17.0. The van der Waals surface area contributed by atoms with Crippen molar-refractivity contribution in [2.45, 2.75) is 32.7 Å². The van der Waals surface area contributed by atoms with E-state index in [0.29, 0.717) is 12.5 Å². The third kappa shape index (κ3) is 5.23. The summed E-state index contributed by atoms with van der Waals surface area (Å²) in [5.41, 5.74) is 7.84. The smallest absolute Gasteiger partial charge is 0.410 e. The first kappa shape index (κ1) is 20.6. The first-order chi connectivity index (χ1) is 13.7. The van der Waals surface area contributed by atoms with Crippen LogP contribution in [0.2, 0.25) is 0 Å². The summed E-state index contributed by atoms with van der Waals surface area (Å²) in [6.45, 7) is 6.74. The van der Waals surface area contributed by atoms with Gasteiger partial charge in [-0.1, -0.05) is 44.2 Å². The number of nitrogens with two attached hydrogens (primary N) is 1. The predicted octanol–water partition coefficient (Wildman–Crippen LogP) is 5.13. The number of benzene rings is 2. The third-order valence-electron chi connectivity index (χ3n) is 4.62. The maximum Gasteiger partial charge on any atom is 0.410 e. The molecule has 0 aliphatic heterocycles. The molecule has 6 nitrogen and oxygen atoms in total. The largest absolute Gasteiger partial charge is 0.491 e. The van der Waals surface area contributed by atoms with Crippen molar-refractivity contribution in [1.29, 1.82) is 0 Å². The molecule has 0 fully saturated rings. The van der Waals surface area contributed by atoms with Crippen LogP contribution in [-0.2, 0) is 0 Å². The molecule has 0 radical (unpaired) electrons. The fourth-order valence-electron chi connectivity index (χ4n) is 3.66. The number of nitrogens with zero attached hydrogens (tertiary/aromatic N) is 1. The topological polar surface area (TPSA) is 97.5 Å². The van der Waals surface area contributed by atoms with Gasteiger partial charge >= 0.3 is 6.09 Å². The van der Waals surface area contributed by atoms with E-state index in [-0.39, 0.29) is 5.82 Å². The Morgan fingerprint density at radius 2 is 1.93 bits per heavy atom. The lowest BCUT2D eigenvalue weighted by Gasteiger charge is -2.27. The molecule has 1 atom stereocenters. The minimum absolute atomic E-state index is 0.284. The van der Waals surface area contributed by atoms with Crippen LogP contribution >= 0.6 is 0 Å². The van der Waals surface area contributed by atoms with E-state index in [1.807, 2.05) is 49.4 Å². The van der Waals surface area contributed by atoms with Crippen LogP contribution in [-0.4, -0.2) is 28.3 Å². The molecule has 29 heavy (non-hydrogen) atoms. The van der Waals surface area contributed by atoms with E-state index in [9.17, 15) is 4.79 Å². The Hall–Kier alpha value is -3.12. The number of amides is 1. The van der Waals surface area contributed by atoms with E-state index in [1.165, 1.54) is 0 Å². The summed E-state index contributed by atoms with van der Waals surface area (Å²) in [5.74, 6) is 1.56. The normalized spacial score (nSPS) is 13.3. The first-order valence-corrected chi connectivity index (χ1v) is 9.65. The molecule has 1 heterocycles. The molecule has 152 valence electrons. The molecule has 0 aliphatic carbocycles. The van der Waals surface area contributed by atoms with Crippen LogP contribution in [0.1, 0.15) is 27.2 Å². The van der Waals surface area contributed by atoms with Gasteiger partial charge in [-0.25, -0.2) is 9.78 Å². The second kappa shape index (κ2) is 8.49. The molecule has 6 heteroatoms. The predicted molar refractivity (Wildman–Crippen MR) is 116 cm³/mol.